The van der Waals surface area contributed by atoms with Crippen molar-refractivity contribution in [2.75, 3.05) is 13.1 Å². The first kappa shape index (κ1) is 14.3. The molecule has 104 valence electrons. The van der Waals surface area contributed by atoms with Crippen LogP contribution >= 0.6 is 0 Å². The molecule has 1 atom stereocenters. The van der Waals surface area contributed by atoms with Gasteiger partial charge in [0.25, 0.3) is 0 Å². The first-order chi connectivity index (χ1) is 9.07. The summed E-state index contributed by atoms with van der Waals surface area (Å²) >= 11 is 0. The van der Waals surface area contributed by atoms with E-state index in [-0.39, 0.29) is 5.41 Å². The number of carbonyl (C=O) groups excluding carboxylic acids is 1. The minimum Gasteiger partial charge on any atom is -0.316 e. The molecule has 2 rings (SSSR count). The number of ketones is 1. The average Bonchev–Trinajstić information content (AvgIpc) is 2.38. The number of benzene rings is 1. The molecule has 0 aliphatic carbocycles. The van der Waals surface area contributed by atoms with Gasteiger partial charge in [-0.05, 0) is 51.8 Å². The number of aryl methyl sites for hydroxylation is 2. The average molecular weight is 259 g/mol. The minimum absolute atomic E-state index is 0.173. The van der Waals surface area contributed by atoms with Crippen LogP contribution in [-0.2, 0) is 0 Å². The molecule has 1 aliphatic heterocycles. The second-order valence-corrected chi connectivity index (χ2v) is 6.02. The molecule has 2 heteroatoms. The van der Waals surface area contributed by atoms with Gasteiger partial charge < -0.3 is 5.32 Å². The predicted octanol–water partition coefficient (Wildman–Crippen LogP) is 3.66. The van der Waals surface area contributed by atoms with Gasteiger partial charge in [-0.15, -0.1) is 0 Å². The largest absolute Gasteiger partial charge is 0.316 e. The van der Waals surface area contributed by atoms with Crippen LogP contribution in [0.1, 0.15) is 54.1 Å². The molecular weight excluding hydrogens is 234 g/mol. The van der Waals surface area contributed by atoms with E-state index in [1.54, 1.807) is 0 Å². The quantitative estimate of drug-likeness (QED) is 0.836. The summed E-state index contributed by atoms with van der Waals surface area (Å²) in [7, 11) is 0. The molecule has 1 aliphatic rings. The lowest BCUT2D eigenvalue weighted by Gasteiger charge is -2.36. The van der Waals surface area contributed by atoms with Crippen molar-refractivity contribution in [2.24, 2.45) is 5.41 Å². The van der Waals surface area contributed by atoms with Crippen molar-refractivity contribution in [3.63, 3.8) is 0 Å². The maximum atomic E-state index is 13.0. The fourth-order valence-corrected chi connectivity index (χ4v) is 3.38. The Hall–Kier alpha value is -1.15. The summed E-state index contributed by atoms with van der Waals surface area (Å²) in [6, 6.07) is 6.21. The third-order valence-corrected chi connectivity index (χ3v) is 4.17. The SMILES string of the molecule is CCCC1(C(=O)c2cc(C)cc(C)c2)CCCNC1. The van der Waals surface area contributed by atoms with Gasteiger partial charge in [0.1, 0.15) is 0 Å². The van der Waals surface area contributed by atoms with Crippen LogP contribution in [0, 0.1) is 19.3 Å². The third-order valence-electron chi connectivity index (χ3n) is 4.17. The van der Waals surface area contributed by atoms with E-state index in [9.17, 15) is 4.79 Å². The van der Waals surface area contributed by atoms with Gasteiger partial charge in [0, 0.05) is 17.5 Å². The fourth-order valence-electron chi connectivity index (χ4n) is 3.38. The van der Waals surface area contributed by atoms with Crippen molar-refractivity contribution in [2.45, 2.75) is 46.5 Å². The van der Waals surface area contributed by atoms with Gasteiger partial charge in [0.05, 0.1) is 0 Å². The van der Waals surface area contributed by atoms with Crippen LogP contribution in [0.4, 0.5) is 0 Å². The summed E-state index contributed by atoms with van der Waals surface area (Å²) < 4.78 is 0. The van der Waals surface area contributed by atoms with Crippen molar-refractivity contribution in [3.8, 4) is 0 Å². The molecule has 0 spiro atoms. The van der Waals surface area contributed by atoms with Gasteiger partial charge in [-0.1, -0.05) is 30.5 Å². The number of hydrogen-bond acceptors (Lipinski definition) is 2. The van der Waals surface area contributed by atoms with E-state index in [2.05, 4.69) is 32.2 Å². The Morgan fingerprint density at radius 3 is 2.47 bits per heavy atom. The van der Waals surface area contributed by atoms with Gasteiger partial charge in [-0.3, -0.25) is 4.79 Å². The van der Waals surface area contributed by atoms with Crippen molar-refractivity contribution < 1.29 is 4.79 Å². The Morgan fingerprint density at radius 1 is 1.26 bits per heavy atom. The maximum Gasteiger partial charge on any atom is 0.170 e. The molecule has 2 nitrogen and oxygen atoms in total. The molecule has 1 heterocycles. The van der Waals surface area contributed by atoms with Crippen LogP contribution in [0.25, 0.3) is 0 Å². The highest BCUT2D eigenvalue weighted by atomic mass is 16.1. The number of nitrogens with one attached hydrogen (secondary N) is 1. The summed E-state index contributed by atoms with van der Waals surface area (Å²) in [6.45, 7) is 8.19. The van der Waals surface area contributed by atoms with Crippen LogP contribution in [0.5, 0.6) is 0 Å². The zero-order valence-corrected chi connectivity index (χ0v) is 12.4. The Kier molecular flexibility index (Phi) is 4.41. The second kappa shape index (κ2) is 5.87. The fraction of sp³-hybridized carbons (Fsp3) is 0.588. The molecule has 1 N–H and O–H groups in total. The van der Waals surface area contributed by atoms with E-state index in [1.807, 2.05) is 12.1 Å². The Labute approximate surface area is 116 Å². The lowest BCUT2D eigenvalue weighted by Crippen LogP contribution is -2.45. The molecule has 19 heavy (non-hydrogen) atoms. The molecule has 1 fully saturated rings. The van der Waals surface area contributed by atoms with E-state index in [0.717, 1.165) is 44.3 Å². The van der Waals surface area contributed by atoms with E-state index in [1.165, 1.54) is 11.1 Å². The van der Waals surface area contributed by atoms with Crippen molar-refractivity contribution in [1.82, 2.24) is 5.32 Å². The monoisotopic (exact) mass is 259 g/mol. The number of piperidine rings is 1. The van der Waals surface area contributed by atoms with Gasteiger partial charge >= 0.3 is 0 Å². The summed E-state index contributed by atoms with van der Waals surface area (Å²) in [6.07, 6.45) is 4.19. The normalized spacial score (nSPS) is 23.3. The zero-order valence-electron chi connectivity index (χ0n) is 12.4. The molecule has 1 aromatic rings. The molecule has 0 saturated carbocycles. The second-order valence-electron chi connectivity index (χ2n) is 6.02. The summed E-state index contributed by atoms with van der Waals surface area (Å²) in [5, 5.41) is 3.42. The predicted molar refractivity (Wildman–Crippen MR) is 79.7 cm³/mol. The highest BCUT2D eigenvalue weighted by Gasteiger charge is 2.38. The molecular formula is C17H25NO. The van der Waals surface area contributed by atoms with E-state index in [0.29, 0.717) is 5.78 Å². The molecule has 1 unspecified atom stereocenters. The molecule has 1 saturated heterocycles. The van der Waals surface area contributed by atoms with Gasteiger partial charge in [0.2, 0.25) is 0 Å². The van der Waals surface area contributed by atoms with Crippen molar-refractivity contribution >= 4 is 5.78 Å². The Morgan fingerprint density at radius 2 is 1.95 bits per heavy atom. The first-order valence-corrected chi connectivity index (χ1v) is 7.41. The van der Waals surface area contributed by atoms with E-state index >= 15 is 0 Å². The third kappa shape index (κ3) is 3.06. The van der Waals surface area contributed by atoms with Gasteiger partial charge in [-0.2, -0.15) is 0 Å². The summed E-state index contributed by atoms with van der Waals surface area (Å²) in [5.74, 6) is 0.341. The first-order valence-electron chi connectivity index (χ1n) is 7.41. The lowest BCUT2D eigenvalue weighted by molar-refractivity contribution is 0.0718. The summed E-state index contributed by atoms with van der Waals surface area (Å²) in [5.41, 5.74) is 3.08. The van der Waals surface area contributed by atoms with Crippen LogP contribution in [0.3, 0.4) is 0 Å². The van der Waals surface area contributed by atoms with Crippen LogP contribution in [0.15, 0.2) is 18.2 Å². The van der Waals surface area contributed by atoms with Crippen molar-refractivity contribution in [1.29, 1.82) is 0 Å². The molecule has 1 aromatic carbocycles. The molecule has 0 bridgehead atoms. The number of hydrogen-bond donors (Lipinski definition) is 1. The standard InChI is InChI=1S/C17H25NO/c1-4-6-17(7-5-8-18-12-17)16(19)15-10-13(2)9-14(3)11-15/h9-11,18H,4-8,12H2,1-3H3. The minimum atomic E-state index is -0.173. The molecule has 0 aromatic heterocycles. The van der Waals surface area contributed by atoms with Gasteiger partial charge in [0.15, 0.2) is 5.78 Å². The Balaban J connectivity index is 2.33. The number of carbonyl (C=O) groups is 1. The number of rotatable bonds is 4. The highest BCUT2D eigenvalue weighted by Crippen LogP contribution is 2.35. The van der Waals surface area contributed by atoms with E-state index < -0.39 is 0 Å². The summed E-state index contributed by atoms with van der Waals surface area (Å²) in [4.78, 5) is 13.0. The van der Waals surface area contributed by atoms with Crippen molar-refractivity contribution in [3.05, 3.63) is 34.9 Å². The Bertz CT molecular complexity index is 433. The molecule has 0 amide bonds. The number of Topliss-reactive ketones (excluding diaryl/α,β-unsaturated/α-hetero) is 1. The molecule has 0 radical (unpaired) electrons. The zero-order chi connectivity index (χ0) is 13.9. The topological polar surface area (TPSA) is 29.1 Å². The maximum absolute atomic E-state index is 13.0. The van der Waals surface area contributed by atoms with Crippen LogP contribution in [-0.4, -0.2) is 18.9 Å². The van der Waals surface area contributed by atoms with Crippen LogP contribution < -0.4 is 5.32 Å². The van der Waals surface area contributed by atoms with Crippen LogP contribution in [0.2, 0.25) is 0 Å². The smallest absolute Gasteiger partial charge is 0.170 e. The highest BCUT2D eigenvalue weighted by molar-refractivity contribution is 6.01. The lowest BCUT2D eigenvalue weighted by atomic mass is 9.71. The van der Waals surface area contributed by atoms with E-state index in [4.69, 9.17) is 0 Å². The van der Waals surface area contributed by atoms with Gasteiger partial charge in [-0.25, -0.2) is 0 Å².